The second-order valence-corrected chi connectivity index (χ2v) is 8.09. The lowest BCUT2D eigenvalue weighted by Gasteiger charge is -2.21. The number of carbonyl (C=O) groups excluding carboxylic acids is 1. The van der Waals surface area contributed by atoms with Gasteiger partial charge in [-0.3, -0.25) is 0 Å². The third-order valence-corrected chi connectivity index (χ3v) is 5.62. The Morgan fingerprint density at radius 3 is 2.10 bits per heavy atom. The van der Waals surface area contributed by atoms with Gasteiger partial charge >= 0.3 is 14.5 Å². The van der Waals surface area contributed by atoms with Gasteiger partial charge in [0.05, 0.1) is 6.61 Å². The third kappa shape index (κ3) is 11.7. The molecule has 0 saturated carbocycles. The van der Waals surface area contributed by atoms with Gasteiger partial charge in [0.25, 0.3) is 0 Å². The quantitative estimate of drug-likeness (QED) is 0.222. The molecule has 0 aromatic heterocycles. The molecular weight excluding hydrogens is 284 g/mol. The second-order valence-electron chi connectivity index (χ2n) is 5.15. The van der Waals surface area contributed by atoms with Crippen LogP contribution in [-0.4, -0.2) is 34.4 Å². The Kier molecular flexibility index (Phi) is 12.6. The van der Waals surface area contributed by atoms with Crippen molar-refractivity contribution in [2.75, 3.05) is 19.8 Å². The lowest BCUT2D eigenvalue weighted by atomic mass is 10.1. The summed E-state index contributed by atoms with van der Waals surface area (Å²) in [5.41, 5.74) is 1.75. The SMILES string of the molecule is CCCCCCCCOC(=O)C=C[Si](C)(OCC)OCC. The summed E-state index contributed by atoms with van der Waals surface area (Å²) >= 11 is 0. The van der Waals surface area contributed by atoms with Crippen molar-refractivity contribution in [2.24, 2.45) is 0 Å². The molecule has 0 N–H and O–H groups in total. The molecule has 0 aliphatic heterocycles. The molecule has 0 heterocycles. The van der Waals surface area contributed by atoms with Crippen molar-refractivity contribution in [3.05, 3.63) is 11.8 Å². The molecule has 0 aliphatic carbocycles. The molecule has 0 atom stereocenters. The van der Waals surface area contributed by atoms with Gasteiger partial charge in [0, 0.05) is 19.3 Å². The van der Waals surface area contributed by atoms with Gasteiger partial charge in [0.15, 0.2) is 0 Å². The highest BCUT2D eigenvalue weighted by Crippen LogP contribution is 2.09. The molecule has 0 aliphatic rings. The summed E-state index contributed by atoms with van der Waals surface area (Å²) in [4.78, 5) is 11.6. The number of esters is 1. The number of hydrogen-bond donors (Lipinski definition) is 0. The molecule has 0 spiro atoms. The van der Waals surface area contributed by atoms with E-state index in [-0.39, 0.29) is 5.97 Å². The van der Waals surface area contributed by atoms with Crippen molar-refractivity contribution in [2.45, 2.75) is 65.8 Å². The fourth-order valence-electron chi connectivity index (χ4n) is 2.03. The Morgan fingerprint density at radius 1 is 0.952 bits per heavy atom. The average molecular weight is 317 g/mol. The molecule has 5 heteroatoms. The summed E-state index contributed by atoms with van der Waals surface area (Å²) in [5.74, 6) is -0.304. The number of carbonyl (C=O) groups is 1. The molecule has 4 nitrogen and oxygen atoms in total. The smallest absolute Gasteiger partial charge is 0.362 e. The van der Waals surface area contributed by atoms with Gasteiger partial charge in [-0.1, -0.05) is 39.0 Å². The number of rotatable bonds is 13. The van der Waals surface area contributed by atoms with Crippen molar-refractivity contribution < 1.29 is 18.4 Å². The van der Waals surface area contributed by atoms with E-state index in [0.717, 1.165) is 12.8 Å². The summed E-state index contributed by atoms with van der Waals surface area (Å²) < 4.78 is 16.4. The van der Waals surface area contributed by atoms with Crippen LogP contribution in [0.5, 0.6) is 0 Å². The van der Waals surface area contributed by atoms with Gasteiger partial charge in [-0.2, -0.15) is 0 Å². The topological polar surface area (TPSA) is 44.8 Å². The first-order valence-electron chi connectivity index (χ1n) is 8.21. The van der Waals surface area contributed by atoms with Crippen LogP contribution < -0.4 is 0 Å². The van der Waals surface area contributed by atoms with Crippen LogP contribution in [0.25, 0.3) is 0 Å². The van der Waals surface area contributed by atoms with Crippen LogP contribution in [-0.2, 0) is 18.4 Å². The molecule has 0 aromatic carbocycles. The minimum atomic E-state index is -2.36. The average Bonchev–Trinajstić information content (AvgIpc) is 2.45. The van der Waals surface area contributed by atoms with Gasteiger partial charge in [-0.05, 0) is 32.5 Å². The summed E-state index contributed by atoms with van der Waals surface area (Å²) in [6, 6.07) is 0. The molecule has 124 valence electrons. The Morgan fingerprint density at radius 2 is 1.52 bits per heavy atom. The Labute approximate surface area is 131 Å². The summed E-state index contributed by atoms with van der Waals surface area (Å²) in [6.45, 7) is 9.65. The summed E-state index contributed by atoms with van der Waals surface area (Å²) in [6.07, 6.45) is 8.56. The molecule has 0 fully saturated rings. The van der Waals surface area contributed by atoms with Gasteiger partial charge in [0.2, 0.25) is 0 Å². The Balaban J connectivity index is 3.87. The zero-order valence-electron chi connectivity index (χ0n) is 14.2. The standard InChI is InChI=1S/C16H32O4Si/c1-5-8-9-10-11-12-14-18-16(17)13-15-21(4,19-6-2)20-7-3/h13,15H,5-12,14H2,1-4H3. The third-order valence-electron chi connectivity index (χ3n) is 3.13. The molecule has 0 unspecified atom stereocenters. The highest BCUT2D eigenvalue weighted by atomic mass is 28.4. The van der Waals surface area contributed by atoms with Gasteiger partial charge in [-0.25, -0.2) is 4.79 Å². The zero-order chi connectivity index (χ0) is 16.0. The van der Waals surface area contributed by atoms with E-state index in [4.69, 9.17) is 13.6 Å². The first-order valence-corrected chi connectivity index (χ1v) is 10.6. The minimum absolute atomic E-state index is 0.304. The molecule has 0 rings (SSSR count). The zero-order valence-corrected chi connectivity index (χ0v) is 15.2. The Hall–Kier alpha value is -0.653. The van der Waals surface area contributed by atoms with E-state index in [0.29, 0.717) is 19.8 Å². The van der Waals surface area contributed by atoms with Crippen LogP contribution in [0.2, 0.25) is 6.55 Å². The van der Waals surface area contributed by atoms with Crippen LogP contribution >= 0.6 is 0 Å². The molecule has 21 heavy (non-hydrogen) atoms. The van der Waals surface area contributed by atoms with Crippen LogP contribution in [0.15, 0.2) is 11.8 Å². The molecule has 0 bridgehead atoms. The highest BCUT2D eigenvalue weighted by Gasteiger charge is 2.27. The van der Waals surface area contributed by atoms with E-state index in [1.54, 1.807) is 5.70 Å². The molecule has 0 aromatic rings. The summed E-state index contributed by atoms with van der Waals surface area (Å²) in [5, 5.41) is 0. The maximum atomic E-state index is 11.6. The van der Waals surface area contributed by atoms with E-state index in [1.807, 2.05) is 20.4 Å². The monoisotopic (exact) mass is 316 g/mol. The number of hydrogen-bond acceptors (Lipinski definition) is 4. The van der Waals surface area contributed by atoms with Crippen LogP contribution in [0, 0.1) is 0 Å². The molecule has 0 amide bonds. The van der Waals surface area contributed by atoms with Crippen molar-refractivity contribution in [3.63, 3.8) is 0 Å². The van der Waals surface area contributed by atoms with Crippen molar-refractivity contribution in [1.29, 1.82) is 0 Å². The largest absolute Gasteiger partial charge is 0.463 e. The lowest BCUT2D eigenvalue weighted by Crippen LogP contribution is -2.37. The van der Waals surface area contributed by atoms with E-state index in [2.05, 4.69) is 6.92 Å². The Bertz CT molecular complexity index is 286. The summed E-state index contributed by atoms with van der Waals surface area (Å²) in [7, 11) is -2.36. The van der Waals surface area contributed by atoms with E-state index < -0.39 is 8.56 Å². The van der Waals surface area contributed by atoms with Crippen molar-refractivity contribution in [1.82, 2.24) is 0 Å². The second kappa shape index (κ2) is 13.0. The minimum Gasteiger partial charge on any atom is -0.463 e. The predicted octanol–water partition coefficient (Wildman–Crippen LogP) is 4.13. The normalized spacial score (nSPS) is 12.0. The van der Waals surface area contributed by atoms with E-state index in [1.165, 1.54) is 31.8 Å². The maximum absolute atomic E-state index is 11.6. The predicted molar refractivity (Wildman–Crippen MR) is 88.3 cm³/mol. The highest BCUT2D eigenvalue weighted by molar-refractivity contribution is 6.71. The molecule has 0 radical (unpaired) electrons. The van der Waals surface area contributed by atoms with Crippen LogP contribution in [0.4, 0.5) is 0 Å². The molecular formula is C16H32O4Si. The first kappa shape index (κ1) is 20.3. The van der Waals surface area contributed by atoms with Gasteiger partial charge in [-0.15, -0.1) is 0 Å². The fraction of sp³-hybridized carbons (Fsp3) is 0.812. The first-order chi connectivity index (χ1) is 10.1. The van der Waals surface area contributed by atoms with Gasteiger partial charge < -0.3 is 13.6 Å². The lowest BCUT2D eigenvalue weighted by molar-refractivity contribution is -0.137. The fourth-order valence-corrected chi connectivity index (χ4v) is 3.89. The van der Waals surface area contributed by atoms with Gasteiger partial charge in [0.1, 0.15) is 0 Å². The molecule has 0 saturated heterocycles. The van der Waals surface area contributed by atoms with Crippen molar-refractivity contribution >= 4 is 14.5 Å². The van der Waals surface area contributed by atoms with Crippen LogP contribution in [0.3, 0.4) is 0 Å². The maximum Gasteiger partial charge on any atom is 0.362 e. The van der Waals surface area contributed by atoms with Crippen LogP contribution in [0.1, 0.15) is 59.3 Å². The number of ether oxygens (including phenoxy) is 1. The van der Waals surface area contributed by atoms with E-state index >= 15 is 0 Å². The number of unbranched alkanes of at least 4 members (excludes halogenated alkanes) is 5. The van der Waals surface area contributed by atoms with E-state index in [9.17, 15) is 4.79 Å². The van der Waals surface area contributed by atoms with Crippen molar-refractivity contribution in [3.8, 4) is 0 Å².